The Morgan fingerprint density at radius 3 is 2.58 bits per heavy atom. The maximum atomic E-state index is 3.88. The topological polar surface area (TPSA) is 12.0 Å². The fourth-order valence-corrected chi connectivity index (χ4v) is 4.71. The highest BCUT2D eigenvalue weighted by Crippen LogP contribution is 2.39. The van der Waals surface area contributed by atoms with Gasteiger partial charge in [-0.25, -0.2) is 0 Å². The summed E-state index contributed by atoms with van der Waals surface area (Å²) in [5.41, 5.74) is 2.04. The highest BCUT2D eigenvalue weighted by Gasteiger charge is 2.33. The van der Waals surface area contributed by atoms with Gasteiger partial charge < -0.3 is 5.32 Å². The molecule has 0 radical (unpaired) electrons. The third-order valence-electron chi connectivity index (χ3n) is 4.70. The van der Waals surface area contributed by atoms with Crippen LogP contribution in [0.15, 0.2) is 6.07 Å². The van der Waals surface area contributed by atoms with E-state index in [1.54, 1.807) is 0 Å². The second-order valence-electron chi connectivity index (χ2n) is 7.25. The summed E-state index contributed by atoms with van der Waals surface area (Å²) >= 11 is 1.92. The van der Waals surface area contributed by atoms with E-state index >= 15 is 0 Å². The summed E-state index contributed by atoms with van der Waals surface area (Å²) in [5.74, 6) is 0.784. The lowest BCUT2D eigenvalue weighted by atomic mass is 9.70. The Bertz CT molecular complexity index is 432. The van der Waals surface area contributed by atoms with Crippen LogP contribution in [-0.2, 0) is 0 Å². The van der Waals surface area contributed by atoms with E-state index in [1.807, 2.05) is 11.3 Å². The molecule has 1 nitrogen and oxygen atoms in total. The molecule has 0 saturated heterocycles. The van der Waals surface area contributed by atoms with Crippen molar-refractivity contribution in [2.24, 2.45) is 11.3 Å². The number of hydrogen-bond acceptors (Lipinski definition) is 2. The molecule has 2 heteroatoms. The Morgan fingerprint density at radius 2 is 2.05 bits per heavy atom. The maximum Gasteiger partial charge on any atom is 0.0305 e. The highest BCUT2D eigenvalue weighted by atomic mass is 32.1. The molecule has 1 aromatic heterocycles. The van der Waals surface area contributed by atoms with Gasteiger partial charge in [0, 0.05) is 21.8 Å². The van der Waals surface area contributed by atoms with Gasteiger partial charge >= 0.3 is 0 Å². The van der Waals surface area contributed by atoms with Crippen molar-refractivity contribution < 1.29 is 0 Å². The number of rotatable bonds is 3. The number of aryl methyl sites for hydroxylation is 2. The third-order valence-corrected chi connectivity index (χ3v) is 5.69. The zero-order valence-corrected chi connectivity index (χ0v) is 14.2. The van der Waals surface area contributed by atoms with E-state index < -0.39 is 0 Å². The maximum absolute atomic E-state index is 3.88. The first-order valence-electron chi connectivity index (χ1n) is 7.61. The predicted octanol–water partition coefficient (Wildman–Crippen LogP) is 5.23. The molecule has 19 heavy (non-hydrogen) atoms. The number of nitrogens with one attached hydrogen (secondary N) is 1. The van der Waals surface area contributed by atoms with Crippen LogP contribution >= 0.6 is 11.3 Å². The fourth-order valence-electron chi connectivity index (χ4n) is 3.69. The zero-order chi connectivity index (χ0) is 14.2. The lowest BCUT2D eigenvalue weighted by Gasteiger charge is -2.40. The molecule has 1 heterocycles. The summed E-state index contributed by atoms with van der Waals surface area (Å²) in [6, 6.07) is 3.52. The van der Waals surface area contributed by atoms with Crippen LogP contribution in [0.4, 0.5) is 0 Å². The lowest BCUT2D eigenvalue weighted by Crippen LogP contribution is -2.42. The van der Waals surface area contributed by atoms with Gasteiger partial charge in [-0.1, -0.05) is 20.8 Å². The van der Waals surface area contributed by atoms with Crippen LogP contribution in [0.3, 0.4) is 0 Å². The van der Waals surface area contributed by atoms with Crippen molar-refractivity contribution in [1.29, 1.82) is 0 Å². The minimum absolute atomic E-state index is 0.485. The molecule has 0 amide bonds. The SMILES string of the molecule is Cc1cc(C(C)NC2CCC(C)(C)CC2C)c(C)s1. The van der Waals surface area contributed by atoms with Gasteiger partial charge in [0.2, 0.25) is 0 Å². The molecule has 1 aromatic rings. The second kappa shape index (κ2) is 5.57. The van der Waals surface area contributed by atoms with Crippen LogP contribution in [0.1, 0.15) is 68.3 Å². The normalized spacial score (nSPS) is 28.3. The van der Waals surface area contributed by atoms with E-state index in [9.17, 15) is 0 Å². The number of thiophene rings is 1. The Balaban J connectivity index is 2.00. The van der Waals surface area contributed by atoms with Crippen LogP contribution in [0.5, 0.6) is 0 Å². The van der Waals surface area contributed by atoms with E-state index in [4.69, 9.17) is 0 Å². The standard InChI is InChI=1S/C17H29NS/c1-11-10-17(5,6)8-7-16(11)18-13(3)15-9-12(2)19-14(15)4/h9,11,13,16,18H,7-8,10H2,1-6H3. The molecule has 1 N–H and O–H groups in total. The molecule has 0 aliphatic heterocycles. The Kier molecular flexibility index (Phi) is 4.42. The van der Waals surface area contributed by atoms with Gasteiger partial charge in [0.15, 0.2) is 0 Å². The van der Waals surface area contributed by atoms with E-state index in [0.717, 1.165) is 5.92 Å². The Labute approximate surface area is 122 Å². The first-order chi connectivity index (χ1) is 8.78. The van der Waals surface area contributed by atoms with Gasteiger partial charge in [-0.15, -0.1) is 11.3 Å². The smallest absolute Gasteiger partial charge is 0.0305 e. The molecule has 3 unspecified atom stereocenters. The average molecular weight is 279 g/mol. The van der Waals surface area contributed by atoms with Crippen molar-refractivity contribution in [3.8, 4) is 0 Å². The summed E-state index contributed by atoms with van der Waals surface area (Å²) < 4.78 is 0. The van der Waals surface area contributed by atoms with Crippen LogP contribution in [0.2, 0.25) is 0 Å². The third kappa shape index (κ3) is 3.61. The summed E-state index contributed by atoms with van der Waals surface area (Å²) in [5, 5.41) is 3.88. The highest BCUT2D eigenvalue weighted by molar-refractivity contribution is 7.12. The van der Waals surface area contributed by atoms with Gasteiger partial charge in [-0.05, 0) is 63.0 Å². The molecule has 0 aromatic carbocycles. The summed E-state index contributed by atoms with van der Waals surface area (Å²) in [6.07, 6.45) is 4.02. The van der Waals surface area contributed by atoms with Crippen LogP contribution in [0, 0.1) is 25.2 Å². The van der Waals surface area contributed by atoms with Gasteiger partial charge in [0.1, 0.15) is 0 Å². The lowest BCUT2D eigenvalue weighted by molar-refractivity contribution is 0.143. The molecule has 1 saturated carbocycles. The average Bonchev–Trinajstić information content (AvgIpc) is 2.61. The van der Waals surface area contributed by atoms with E-state index in [1.165, 1.54) is 34.6 Å². The van der Waals surface area contributed by atoms with Crippen molar-refractivity contribution in [3.63, 3.8) is 0 Å². The van der Waals surface area contributed by atoms with Gasteiger partial charge in [0.25, 0.3) is 0 Å². The summed E-state index contributed by atoms with van der Waals surface area (Å²) in [6.45, 7) is 14.0. The van der Waals surface area contributed by atoms with Gasteiger partial charge in [-0.3, -0.25) is 0 Å². The molecular formula is C17H29NS. The molecule has 1 aliphatic rings. The minimum Gasteiger partial charge on any atom is -0.307 e. The minimum atomic E-state index is 0.485. The fraction of sp³-hybridized carbons (Fsp3) is 0.765. The van der Waals surface area contributed by atoms with E-state index in [2.05, 4.69) is 52.9 Å². The van der Waals surface area contributed by atoms with Crippen LogP contribution in [0.25, 0.3) is 0 Å². The van der Waals surface area contributed by atoms with Crippen molar-refractivity contribution in [2.75, 3.05) is 0 Å². The monoisotopic (exact) mass is 279 g/mol. The van der Waals surface area contributed by atoms with E-state index in [-0.39, 0.29) is 0 Å². The van der Waals surface area contributed by atoms with Crippen molar-refractivity contribution >= 4 is 11.3 Å². The first kappa shape index (κ1) is 15.1. The van der Waals surface area contributed by atoms with Crippen molar-refractivity contribution in [2.45, 2.75) is 72.9 Å². The molecule has 108 valence electrons. The first-order valence-corrected chi connectivity index (χ1v) is 8.43. The molecule has 1 aliphatic carbocycles. The van der Waals surface area contributed by atoms with Gasteiger partial charge in [-0.2, -0.15) is 0 Å². The van der Waals surface area contributed by atoms with Crippen molar-refractivity contribution in [1.82, 2.24) is 5.32 Å². The molecular weight excluding hydrogens is 250 g/mol. The Hall–Kier alpha value is -0.340. The molecule has 2 rings (SSSR count). The summed E-state index contributed by atoms with van der Waals surface area (Å²) in [7, 11) is 0. The quantitative estimate of drug-likeness (QED) is 0.799. The number of hydrogen-bond donors (Lipinski definition) is 1. The molecule has 1 fully saturated rings. The van der Waals surface area contributed by atoms with Crippen LogP contribution < -0.4 is 5.32 Å². The second-order valence-corrected chi connectivity index (χ2v) is 8.71. The zero-order valence-electron chi connectivity index (χ0n) is 13.3. The van der Waals surface area contributed by atoms with Gasteiger partial charge in [0.05, 0.1) is 0 Å². The molecule has 0 bridgehead atoms. The molecule has 0 spiro atoms. The molecule has 3 atom stereocenters. The predicted molar refractivity (Wildman–Crippen MR) is 85.9 cm³/mol. The largest absolute Gasteiger partial charge is 0.307 e. The van der Waals surface area contributed by atoms with Crippen molar-refractivity contribution in [3.05, 3.63) is 21.4 Å². The summed E-state index contributed by atoms with van der Waals surface area (Å²) in [4.78, 5) is 2.90. The van der Waals surface area contributed by atoms with Crippen LogP contribution in [-0.4, -0.2) is 6.04 Å². The Morgan fingerprint density at radius 1 is 1.37 bits per heavy atom. The van der Waals surface area contributed by atoms with E-state index in [0.29, 0.717) is 17.5 Å².